The van der Waals surface area contributed by atoms with E-state index in [0.29, 0.717) is 17.9 Å². The SMILES string of the molecule is CCC1c2c(cnn2C2CN(Cc3cccc(C=O)n3)C2)-c2cccc(NC(/C=C(\N)NC(=O)C3CC3)=C(/N)C(=O)NC3CC3)c2N1C.C[C@H]1CCN(C)C1. The van der Waals surface area contributed by atoms with Gasteiger partial charge in [0.25, 0.3) is 5.91 Å². The number of carbonyl (C=O) groups is 3. The second-order valence-electron chi connectivity index (χ2n) is 15.9. The van der Waals surface area contributed by atoms with Crippen LogP contribution in [0.4, 0.5) is 11.4 Å². The number of hydrogen-bond donors (Lipinski definition) is 5. The minimum Gasteiger partial charge on any atom is -0.393 e. The Labute approximate surface area is 323 Å². The Morgan fingerprint density at radius 1 is 0.982 bits per heavy atom. The number of aldehydes is 1. The van der Waals surface area contributed by atoms with Gasteiger partial charge in [0.15, 0.2) is 6.29 Å². The number of fused-ring (bicyclic) bond motifs is 3. The van der Waals surface area contributed by atoms with E-state index in [1.807, 2.05) is 30.5 Å². The second kappa shape index (κ2) is 16.3. The molecule has 1 aromatic carbocycles. The lowest BCUT2D eigenvalue weighted by molar-refractivity contribution is -0.121. The number of likely N-dealkylation sites (tertiary alicyclic amines) is 2. The van der Waals surface area contributed by atoms with E-state index in [0.717, 1.165) is 85.6 Å². The van der Waals surface area contributed by atoms with E-state index < -0.39 is 0 Å². The third kappa shape index (κ3) is 8.70. The molecule has 7 N–H and O–H groups in total. The van der Waals surface area contributed by atoms with E-state index in [2.05, 4.69) is 74.3 Å². The minimum absolute atomic E-state index is 0.00948. The number of nitrogens with zero attached hydrogens (tertiary/aromatic N) is 6. The molecule has 1 unspecified atom stereocenters. The summed E-state index contributed by atoms with van der Waals surface area (Å²) in [5, 5.41) is 14.0. The third-order valence-corrected chi connectivity index (χ3v) is 11.2. The van der Waals surface area contributed by atoms with Gasteiger partial charge in [0, 0.05) is 62.4 Å². The Morgan fingerprint density at radius 2 is 1.75 bits per heavy atom. The maximum absolute atomic E-state index is 13.1. The van der Waals surface area contributed by atoms with Crippen molar-refractivity contribution in [3.05, 3.63) is 83.0 Å². The van der Waals surface area contributed by atoms with Crippen molar-refractivity contribution in [3.8, 4) is 11.1 Å². The quantitative estimate of drug-likeness (QED) is 0.103. The molecule has 2 aliphatic carbocycles. The highest BCUT2D eigenvalue weighted by molar-refractivity contribution is 5.96. The van der Waals surface area contributed by atoms with Gasteiger partial charge < -0.3 is 37.2 Å². The second-order valence-corrected chi connectivity index (χ2v) is 15.9. The highest BCUT2D eigenvalue weighted by atomic mass is 16.2. The number of amides is 2. The van der Waals surface area contributed by atoms with Crippen molar-refractivity contribution in [3.63, 3.8) is 0 Å². The van der Waals surface area contributed by atoms with Gasteiger partial charge in [0.2, 0.25) is 5.91 Å². The van der Waals surface area contributed by atoms with Crippen molar-refractivity contribution in [2.24, 2.45) is 23.3 Å². The van der Waals surface area contributed by atoms with Gasteiger partial charge in [0.1, 0.15) is 17.2 Å². The molecule has 3 aromatic rings. The fourth-order valence-electron chi connectivity index (χ4n) is 7.83. The molecule has 2 saturated carbocycles. The number of pyridine rings is 1. The number of aromatic nitrogens is 3. The number of para-hydroxylation sites is 1. The molecule has 14 nitrogen and oxygen atoms in total. The number of carbonyl (C=O) groups excluding carboxylic acids is 3. The number of benzene rings is 1. The van der Waals surface area contributed by atoms with Gasteiger partial charge in [-0.1, -0.05) is 32.0 Å². The molecule has 5 aliphatic rings. The maximum atomic E-state index is 13.1. The zero-order valence-corrected chi connectivity index (χ0v) is 32.4. The zero-order valence-electron chi connectivity index (χ0n) is 32.4. The van der Waals surface area contributed by atoms with Crippen LogP contribution in [0, 0.1) is 11.8 Å². The average Bonchev–Trinajstić information content (AvgIpc) is 4.09. The summed E-state index contributed by atoms with van der Waals surface area (Å²) in [6.07, 6.45) is 10.0. The molecule has 14 heteroatoms. The van der Waals surface area contributed by atoms with E-state index in [1.54, 1.807) is 6.07 Å². The molecule has 292 valence electrons. The Kier molecular flexibility index (Phi) is 11.3. The number of hydrogen-bond acceptors (Lipinski definition) is 11. The van der Waals surface area contributed by atoms with Gasteiger partial charge in [-0.3, -0.25) is 24.0 Å². The number of anilines is 2. The number of nitrogens with two attached hydrogens (primary N) is 2. The largest absolute Gasteiger partial charge is 0.393 e. The summed E-state index contributed by atoms with van der Waals surface area (Å²) >= 11 is 0. The average molecular weight is 750 g/mol. The molecular weight excluding hydrogens is 695 g/mol. The highest BCUT2D eigenvalue weighted by Gasteiger charge is 2.38. The highest BCUT2D eigenvalue weighted by Crippen LogP contribution is 2.49. The molecule has 55 heavy (non-hydrogen) atoms. The predicted octanol–water partition coefficient (Wildman–Crippen LogP) is 3.86. The number of nitrogens with one attached hydrogen (secondary N) is 3. The van der Waals surface area contributed by atoms with Crippen LogP contribution in [0.5, 0.6) is 0 Å². The molecule has 0 spiro atoms. The molecule has 0 radical (unpaired) electrons. The van der Waals surface area contributed by atoms with Gasteiger partial charge in [0.05, 0.1) is 46.7 Å². The van der Waals surface area contributed by atoms with E-state index in [4.69, 9.17) is 16.6 Å². The third-order valence-electron chi connectivity index (χ3n) is 11.2. The Morgan fingerprint density at radius 3 is 2.38 bits per heavy atom. The van der Waals surface area contributed by atoms with Crippen molar-refractivity contribution in [2.75, 3.05) is 50.5 Å². The topological polar surface area (TPSA) is 180 Å². The van der Waals surface area contributed by atoms with Crippen LogP contribution < -0.4 is 32.3 Å². The fraction of sp³-hybridized carbons (Fsp3) is 0.488. The van der Waals surface area contributed by atoms with Crippen LogP contribution in [0.1, 0.15) is 86.3 Å². The molecule has 5 heterocycles. The van der Waals surface area contributed by atoms with E-state index in [-0.39, 0.29) is 47.4 Å². The van der Waals surface area contributed by atoms with E-state index in [1.165, 1.54) is 31.3 Å². The van der Waals surface area contributed by atoms with Crippen molar-refractivity contribution < 1.29 is 14.4 Å². The van der Waals surface area contributed by atoms with Gasteiger partial charge in [-0.05, 0) is 76.2 Å². The van der Waals surface area contributed by atoms with Gasteiger partial charge in [-0.15, -0.1) is 0 Å². The molecule has 3 aliphatic heterocycles. The Balaban J connectivity index is 0.000000599. The first kappa shape index (κ1) is 38.1. The smallest absolute Gasteiger partial charge is 0.269 e. The first-order valence-electron chi connectivity index (χ1n) is 19.6. The van der Waals surface area contributed by atoms with Crippen LogP contribution in [-0.2, 0) is 16.1 Å². The van der Waals surface area contributed by atoms with Crippen LogP contribution in [-0.4, -0.2) is 89.0 Å². The van der Waals surface area contributed by atoms with Crippen molar-refractivity contribution in [1.29, 1.82) is 0 Å². The fourth-order valence-corrected chi connectivity index (χ4v) is 7.83. The van der Waals surface area contributed by atoms with Gasteiger partial charge >= 0.3 is 0 Å². The molecule has 4 fully saturated rings. The lowest BCUT2D eigenvalue weighted by atomic mass is 9.91. The first-order chi connectivity index (χ1) is 26.5. The normalized spacial score (nSPS) is 21.7. The predicted molar refractivity (Wildman–Crippen MR) is 213 cm³/mol. The van der Waals surface area contributed by atoms with Gasteiger partial charge in [-0.2, -0.15) is 5.10 Å². The summed E-state index contributed by atoms with van der Waals surface area (Å²) in [4.78, 5) is 48.0. The van der Waals surface area contributed by atoms with Crippen LogP contribution in [0.25, 0.3) is 11.1 Å². The van der Waals surface area contributed by atoms with Crippen LogP contribution in [0.15, 0.2) is 65.9 Å². The molecule has 0 bridgehead atoms. The Hall–Kier alpha value is -5.21. The number of allylic oxidation sites excluding steroid dienone is 1. The van der Waals surface area contributed by atoms with Crippen molar-refractivity contribution in [2.45, 2.75) is 77.0 Å². The lowest BCUT2D eigenvalue weighted by Crippen LogP contribution is -2.48. The first-order valence-corrected chi connectivity index (χ1v) is 19.6. The van der Waals surface area contributed by atoms with Crippen molar-refractivity contribution in [1.82, 2.24) is 35.2 Å². The lowest BCUT2D eigenvalue weighted by Gasteiger charge is -2.43. The van der Waals surface area contributed by atoms with Crippen molar-refractivity contribution >= 4 is 29.5 Å². The van der Waals surface area contributed by atoms with Crippen LogP contribution >= 0.6 is 0 Å². The monoisotopic (exact) mass is 749 g/mol. The van der Waals surface area contributed by atoms with Crippen LogP contribution in [0.2, 0.25) is 0 Å². The number of rotatable bonds is 12. The summed E-state index contributed by atoms with van der Waals surface area (Å²) in [6.45, 7) is 9.43. The Bertz CT molecular complexity index is 1970. The molecule has 2 amide bonds. The molecule has 2 aromatic heterocycles. The molecule has 2 atom stereocenters. The van der Waals surface area contributed by atoms with Gasteiger partial charge in [-0.25, -0.2) is 4.98 Å². The molecule has 2 saturated heterocycles. The standard InChI is InChI=1S/C35H42N10O3.C6H13N/c1-3-29-33-26(15-38-45(33)24-17-44(18-24)16-22-6-4-7-23(19-46)39-22)25-8-5-9-27(32(25)43(29)2)41-28(31(37)35(48)40-21-12-13-21)14-30(36)42-34(47)20-10-11-20;1-6-3-4-7(2)5-6/h4-9,14-15,19-21,24,29,41H,3,10-13,16-18,36-37H2,1-2H3,(H,40,48)(H,42,47);6H,3-5H2,1-2H3/b30-14+,31-28+;/t;6-/m.0/s1. The zero-order chi connectivity index (χ0) is 38.8. The van der Waals surface area contributed by atoms with E-state index in [9.17, 15) is 14.4 Å². The summed E-state index contributed by atoms with van der Waals surface area (Å²) in [5.74, 6) is 0.530. The molecular formula is C41H55N11O3. The summed E-state index contributed by atoms with van der Waals surface area (Å²) in [5.41, 5.74) is 19.3. The molecule has 8 rings (SSSR count). The summed E-state index contributed by atoms with van der Waals surface area (Å²) < 4.78 is 2.17. The maximum Gasteiger partial charge on any atom is 0.269 e. The van der Waals surface area contributed by atoms with Crippen LogP contribution in [0.3, 0.4) is 0 Å². The minimum atomic E-state index is -0.382. The summed E-state index contributed by atoms with van der Waals surface area (Å²) in [6, 6.07) is 11.9. The summed E-state index contributed by atoms with van der Waals surface area (Å²) in [7, 11) is 4.26. The van der Waals surface area contributed by atoms with E-state index >= 15 is 0 Å².